The summed E-state index contributed by atoms with van der Waals surface area (Å²) in [7, 11) is 0. The number of carboxylic acid groups (broad SMARTS) is 1. The number of carbonyl (C=O) groups is 1. The Hall–Kier alpha value is -1.35. The molecule has 19 heavy (non-hydrogen) atoms. The van der Waals surface area contributed by atoms with Crippen LogP contribution in [0.15, 0.2) is 6.07 Å². The van der Waals surface area contributed by atoms with Crippen molar-refractivity contribution in [1.82, 2.24) is 0 Å². The van der Waals surface area contributed by atoms with Gasteiger partial charge in [0.2, 0.25) is 0 Å². The smallest absolute Gasteiger partial charge is 0.308 e. The lowest BCUT2D eigenvalue weighted by atomic mass is 9.80. The summed E-state index contributed by atoms with van der Waals surface area (Å²) in [5.41, 5.74) is 11.9. The van der Waals surface area contributed by atoms with Crippen molar-refractivity contribution in [2.45, 2.75) is 47.6 Å². The maximum absolute atomic E-state index is 11.5. The van der Waals surface area contributed by atoms with E-state index in [1.165, 1.54) is 11.1 Å². The van der Waals surface area contributed by atoms with Gasteiger partial charge in [-0.25, -0.2) is 0 Å². The number of hydrogen-bond donors (Lipinski definition) is 2. The molecule has 106 valence electrons. The summed E-state index contributed by atoms with van der Waals surface area (Å²) in [6.07, 6.45) is 0. The minimum Gasteiger partial charge on any atom is -0.481 e. The number of benzene rings is 1. The van der Waals surface area contributed by atoms with Gasteiger partial charge in [0, 0.05) is 6.04 Å². The summed E-state index contributed by atoms with van der Waals surface area (Å²) in [4.78, 5) is 11.5. The molecule has 0 radical (unpaired) electrons. The van der Waals surface area contributed by atoms with Crippen LogP contribution < -0.4 is 5.73 Å². The zero-order chi connectivity index (χ0) is 14.9. The lowest BCUT2D eigenvalue weighted by Gasteiger charge is -2.28. The van der Waals surface area contributed by atoms with Gasteiger partial charge in [0.15, 0.2) is 0 Å². The van der Waals surface area contributed by atoms with Crippen molar-refractivity contribution in [3.05, 3.63) is 33.9 Å². The van der Waals surface area contributed by atoms with E-state index in [-0.39, 0.29) is 5.92 Å². The molecular formula is C16H25NO2. The molecule has 0 fully saturated rings. The molecule has 0 aliphatic heterocycles. The van der Waals surface area contributed by atoms with Gasteiger partial charge < -0.3 is 10.8 Å². The summed E-state index contributed by atoms with van der Waals surface area (Å²) in [5.74, 6) is -1.37. The minimum atomic E-state index is -0.819. The highest BCUT2D eigenvalue weighted by atomic mass is 16.4. The third-order valence-corrected chi connectivity index (χ3v) is 4.15. The molecular weight excluding hydrogens is 238 g/mol. The Labute approximate surface area is 115 Å². The van der Waals surface area contributed by atoms with Crippen molar-refractivity contribution < 1.29 is 9.90 Å². The number of aryl methyl sites for hydroxylation is 2. The van der Waals surface area contributed by atoms with E-state index in [0.717, 1.165) is 16.7 Å². The van der Waals surface area contributed by atoms with Crippen LogP contribution in [0.2, 0.25) is 0 Å². The molecule has 0 spiro atoms. The number of carboxylic acids is 1. The van der Waals surface area contributed by atoms with Gasteiger partial charge in [0.1, 0.15) is 0 Å². The van der Waals surface area contributed by atoms with Gasteiger partial charge in [-0.1, -0.05) is 19.9 Å². The van der Waals surface area contributed by atoms with Crippen molar-refractivity contribution in [3.63, 3.8) is 0 Å². The zero-order valence-electron chi connectivity index (χ0n) is 12.7. The maximum atomic E-state index is 11.5. The standard InChI is InChI=1S/C16H25NO2/c1-8(2)13(16(18)19)15(17)14-11(5)9(3)7-10(4)12(14)6/h7-8,13,15H,17H2,1-6H3,(H,18,19). The highest BCUT2D eigenvalue weighted by molar-refractivity contribution is 5.72. The maximum Gasteiger partial charge on any atom is 0.308 e. The Balaban J connectivity index is 3.40. The molecule has 0 aliphatic rings. The van der Waals surface area contributed by atoms with E-state index in [1.54, 1.807) is 0 Å². The van der Waals surface area contributed by atoms with Crippen molar-refractivity contribution in [3.8, 4) is 0 Å². The second-order valence-corrected chi connectivity index (χ2v) is 5.81. The van der Waals surface area contributed by atoms with E-state index in [4.69, 9.17) is 5.73 Å². The van der Waals surface area contributed by atoms with Gasteiger partial charge in [0.05, 0.1) is 5.92 Å². The zero-order valence-corrected chi connectivity index (χ0v) is 12.7. The molecule has 2 atom stereocenters. The number of hydrogen-bond acceptors (Lipinski definition) is 2. The molecule has 0 saturated heterocycles. The third-order valence-electron chi connectivity index (χ3n) is 4.15. The van der Waals surface area contributed by atoms with Gasteiger partial charge in [0.25, 0.3) is 0 Å². The average Bonchev–Trinajstić information content (AvgIpc) is 2.25. The molecule has 3 heteroatoms. The number of rotatable bonds is 4. The van der Waals surface area contributed by atoms with Crippen molar-refractivity contribution >= 4 is 5.97 Å². The summed E-state index contributed by atoms with van der Waals surface area (Å²) in [5, 5.41) is 9.42. The Bertz CT molecular complexity index is 466. The monoisotopic (exact) mass is 263 g/mol. The lowest BCUT2D eigenvalue weighted by Crippen LogP contribution is -2.33. The first kappa shape index (κ1) is 15.7. The molecule has 1 aromatic carbocycles. The van der Waals surface area contributed by atoms with Crippen LogP contribution in [0.1, 0.15) is 47.7 Å². The van der Waals surface area contributed by atoms with E-state index in [1.807, 2.05) is 41.5 Å². The largest absolute Gasteiger partial charge is 0.481 e. The predicted octanol–water partition coefficient (Wildman–Crippen LogP) is 3.28. The summed E-state index contributed by atoms with van der Waals surface area (Å²) < 4.78 is 0. The van der Waals surface area contributed by atoms with Crippen molar-refractivity contribution in [2.75, 3.05) is 0 Å². The minimum absolute atomic E-state index is 0.00659. The lowest BCUT2D eigenvalue weighted by molar-refractivity contribution is -0.144. The second-order valence-electron chi connectivity index (χ2n) is 5.81. The number of nitrogens with two attached hydrogens (primary N) is 1. The Morgan fingerprint density at radius 2 is 1.53 bits per heavy atom. The SMILES string of the molecule is Cc1cc(C)c(C)c(C(N)C(C(=O)O)C(C)C)c1C. The van der Waals surface area contributed by atoms with Crippen LogP contribution in [0.3, 0.4) is 0 Å². The Morgan fingerprint density at radius 3 is 1.84 bits per heavy atom. The third kappa shape index (κ3) is 2.98. The molecule has 0 amide bonds. The fourth-order valence-corrected chi connectivity index (χ4v) is 2.78. The average molecular weight is 263 g/mol. The Kier molecular flexibility index (Phi) is 4.75. The molecule has 0 aliphatic carbocycles. The molecule has 0 aromatic heterocycles. The van der Waals surface area contributed by atoms with Crippen molar-refractivity contribution in [2.24, 2.45) is 17.6 Å². The summed E-state index contributed by atoms with van der Waals surface area (Å²) in [6, 6.07) is 1.67. The second kappa shape index (κ2) is 5.74. The van der Waals surface area contributed by atoms with E-state index in [9.17, 15) is 9.90 Å². The first-order valence-electron chi connectivity index (χ1n) is 6.74. The first-order valence-corrected chi connectivity index (χ1v) is 6.74. The fraction of sp³-hybridized carbons (Fsp3) is 0.562. The fourth-order valence-electron chi connectivity index (χ4n) is 2.78. The molecule has 2 unspecified atom stereocenters. The molecule has 3 N–H and O–H groups in total. The van der Waals surface area contributed by atoms with Crippen LogP contribution in [0.5, 0.6) is 0 Å². The highest BCUT2D eigenvalue weighted by Crippen LogP contribution is 2.33. The quantitative estimate of drug-likeness (QED) is 0.876. The molecule has 1 rings (SSSR count). The van der Waals surface area contributed by atoms with Crippen LogP contribution in [0, 0.1) is 39.5 Å². The van der Waals surface area contributed by atoms with Crippen molar-refractivity contribution in [1.29, 1.82) is 0 Å². The van der Waals surface area contributed by atoms with Crippen LogP contribution >= 0.6 is 0 Å². The van der Waals surface area contributed by atoms with Crippen LogP contribution in [-0.2, 0) is 4.79 Å². The van der Waals surface area contributed by atoms with Crippen LogP contribution in [0.4, 0.5) is 0 Å². The summed E-state index contributed by atoms with van der Waals surface area (Å²) >= 11 is 0. The summed E-state index contributed by atoms with van der Waals surface area (Å²) in [6.45, 7) is 12.0. The van der Waals surface area contributed by atoms with Crippen LogP contribution in [0.25, 0.3) is 0 Å². The van der Waals surface area contributed by atoms with Gasteiger partial charge in [-0.15, -0.1) is 0 Å². The highest BCUT2D eigenvalue weighted by Gasteiger charge is 2.31. The van der Waals surface area contributed by atoms with Gasteiger partial charge in [-0.3, -0.25) is 4.79 Å². The molecule has 0 saturated carbocycles. The van der Waals surface area contributed by atoms with Gasteiger partial charge >= 0.3 is 5.97 Å². The normalized spacial score (nSPS) is 14.5. The number of aliphatic carboxylic acids is 1. The van der Waals surface area contributed by atoms with E-state index >= 15 is 0 Å². The predicted molar refractivity (Wildman–Crippen MR) is 78.3 cm³/mol. The molecule has 1 aromatic rings. The van der Waals surface area contributed by atoms with E-state index in [0.29, 0.717) is 0 Å². The Morgan fingerprint density at radius 1 is 1.11 bits per heavy atom. The first-order chi connectivity index (χ1) is 8.68. The molecule has 0 heterocycles. The van der Waals surface area contributed by atoms with E-state index < -0.39 is 17.9 Å². The topological polar surface area (TPSA) is 63.3 Å². The molecule has 3 nitrogen and oxygen atoms in total. The van der Waals surface area contributed by atoms with Gasteiger partial charge in [-0.05, 0) is 61.4 Å². The molecule has 0 bridgehead atoms. The van der Waals surface area contributed by atoms with Crippen LogP contribution in [-0.4, -0.2) is 11.1 Å². The van der Waals surface area contributed by atoms with E-state index in [2.05, 4.69) is 6.07 Å². The van der Waals surface area contributed by atoms with Gasteiger partial charge in [-0.2, -0.15) is 0 Å².